The molecular weight excluding hydrogens is 250 g/mol. The second kappa shape index (κ2) is 5.68. The van der Waals surface area contributed by atoms with Gasteiger partial charge in [0.15, 0.2) is 0 Å². The van der Waals surface area contributed by atoms with Gasteiger partial charge >= 0.3 is 0 Å². The molecule has 0 saturated heterocycles. The predicted molar refractivity (Wildman–Crippen MR) is 78.9 cm³/mol. The van der Waals surface area contributed by atoms with Crippen LogP contribution in [-0.4, -0.2) is 22.1 Å². The number of nitrogens with two attached hydrogens (primary N) is 1. The summed E-state index contributed by atoms with van der Waals surface area (Å²) in [5.74, 6) is 0.545. The SMILES string of the molecule is CC(C)(N)CNc1ncc(-c2cccc(C#N)c2)cn1. The van der Waals surface area contributed by atoms with E-state index < -0.39 is 0 Å². The minimum absolute atomic E-state index is 0.316. The maximum atomic E-state index is 8.90. The van der Waals surface area contributed by atoms with Crippen molar-refractivity contribution in [2.24, 2.45) is 5.73 Å². The minimum atomic E-state index is -0.316. The third-order valence-corrected chi connectivity index (χ3v) is 2.68. The summed E-state index contributed by atoms with van der Waals surface area (Å²) in [6, 6.07) is 9.47. The number of benzene rings is 1. The zero-order valence-corrected chi connectivity index (χ0v) is 11.6. The molecule has 1 heterocycles. The summed E-state index contributed by atoms with van der Waals surface area (Å²) in [6.07, 6.45) is 3.46. The average Bonchev–Trinajstić information content (AvgIpc) is 2.45. The molecule has 102 valence electrons. The molecule has 0 amide bonds. The Hall–Kier alpha value is -2.45. The van der Waals surface area contributed by atoms with Crippen molar-refractivity contribution in [2.45, 2.75) is 19.4 Å². The number of nitrogens with one attached hydrogen (secondary N) is 1. The lowest BCUT2D eigenvalue weighted by molar-refractivity contribution is 0.547. The van der Waals surface area contributed by atoms with Crippen LogP contribution in [0.1, 0.15) is 19.4 Å². The first-order valence-electron chi connectivity index (χ1n) is 6.33. The van der Waals surface area contributed by atoms with E-state index in [1.165, 1.54) is 0 Å². The third kappa shape index (κ3) is 3.77. The molecule has 5 heteroatoms. The molecule has 0 unspecified atom stereocenters. The van der Waals surface area contributed by atoms with E-state index in [1.54, 1.807) is 18.5 Å². The first-order valence-corrected chi connectivity index (χ1v) is 6.33. The largest absolute Gasteiger partial charge is 0.352 e. The molecule has 0 atom stereocenters. The fourth-order valence-electron chi connectivity index (χ4n) is 1.64. The Kier molecular flexibility index (Phi) is 3.97. The van der Waals surface area contributed by atoms with Gasteiger partial charge in [0, 0.05) is 30.0 Å². The summed E-state index contributed by atoms with van der Waals surface area (Å²) in [5.41, 5.74) is 7.99. The lowest BCUT2D eigenvalue weighted by Gasteiger charge is -2.18. The van der Waals surface area contributed by atoms with E-state index in [2.05, 4.69) is 21.4 Å². The second-order valence-corrected chi connectivity index (χ2v) is 5.33. The highest BCUT2D eigenvalue weighted by atomic mass is 15.1. The van der Waals surface area contributed by atoms with Crippen molar-refractivity contribution in [3.63, 3.8) is 0 Å². The van der Waals surface area contributed by atoms with Crippen LogP contribution in [0.5, 0.6) is 0 Å². The van der Waals surface area contributed by atoms with Crippen molar-refractivity contribution >= 4 is 5.95 Å². The molecule has 0 radical (unpaired) electrons. The molecule has 0 aliphatic heterocycles. The van der Waals surface area contributed by atoms with E-state index in [-0.39, 0.29) is 5.54 Å². The van der Waals surface area contributed by atoms with E-state index in [0.29, 0.717) is 18.1 Å². The van der Waals surface area contributed by atoms with Crippen LogP contribution in [0.25, 0.3) is 11.1 Å². The Morgan fingerprint density at radius 2 is 1.95 bits per heavy atom. The van der Waals surface area contributed by atoms with Crippen molar-refractivity contribution in [3.8, 4) is 17.2 Å². The highest BCUT2D eigenvalue weighted by Gasteiger charge is 2.10. The van der Waals surface area contributed by atoms with Gasteiger partial charge in [-0.1, -0.05) is 12.1 Å². The van der Waals surface area contributed by atoms with E-state index in [0.717, 1.165) is 11.1 Å². The third-order valence-electron chi connectivity index (χ3n) is 2.68. The molecule has 1 aromatic heterocycles. The molecule has 0 bridgehead atoms. The van der Waals surface area contributed by atoms with Crippen molar-refractivity contribution < 1.29 is 0 Å². The lowest BCUT2D eigenvalue weighted by Crippen LogP contribution is -2.39. The molecule has 1 aromatic carbocycles. The van der Waals surface area contributed by atoms with Crippen LogP contribution < -0.4 is 11.1 Å². The topological polar surface area (TPSA) is 87.6 Å². The molecule has 20 heavy (non-hydrogen) atoms. The van der Waals surface area contributed by atoms with Crippen LogP contribution in [0.3, 0.4) is 0 Å². The van der Waals surface area contributed by atoms with Gasteiger partial charge in [-0.3, -0.25) is 0 Å². The predicted octanol–water partition coefficient (Wildman–Crippen LogP) is 2.16. The normalized spacial score (nSPS) is 10.9. The Balaban J connectivity index is 2.14. The number of rotatable bonds is 4. The smallest absolute Gasteiger partial charge is 0.222 e. The van der Waals surface area contributed by atoms with Crippen molar-refractivity contribution in [3.05, 3.63) is 42.2 Å². The summed E-state index contributed by atoms with van der Waals surface area (Å²) >= 11 is 0. The summed E-state index contributed by atoms with van der Waals surface area (Å²) in [5, 5.41) is 12.0. The van der Waals surface area contributed by atoms with Crippen LogP contribution in [0.4, 0.5) is 5.95 Å². The minimum Gasteiger partial charge on any atom is -0.352 e. The fraction of sp³-hybridized carbons (Fsp3) is 0.267. The molecular formula is C15H17N5. The molecule has 2 aromatic rings. The zero-order chi connectivity index (χ0) is 14.6. The summed E-state index contributed by atoms with van der Waals surface area (Å²) in [6.45, 7) is 4.46. The van der Waals surface area contributed by atoms with Gasteiger partial charge in [-0.15, -0.1) is 0 Å². The number of anilines is 1. The Labute approximate surface area is 118 Å². The van der Waals surface area contributed by atoms with Crippen LogP contribution in [0.2, 0.25) is 0 Å². The standard InChI is InChI=1S/C15H17N5/c1-15(2,17)10-20-14-18-8-13(9-19-14)12-5-3-4-11(6-12)7-16/h3-6,8-9H,10,17H2,1-2H3,(H,18,19,20). The second-order valence-electron chi connectivity index (χ2n) is 5.33. The maximum Gasteiger partial charge on any atom is 0.222 e. The Bertz CT molecular complexity index is 620. The molecule has 0 fully saturated rings. The Morgan fingerprint density at radius 3 is 2.55 bits per heavy atom. The zero-order valence-electron chi connectivity index (χ0n) is 11.6. The fourth-order valence-corrected chi connectivity index (χ4v) is 1.64. The summed E-state index contributed by atoms with van der Waals surface area (Å²) in [7, 11) is 0. The van der Waals surface area contributed by atoms with Gasteiger partial charge in [0.05, 0.1) is 11.6 Å². The van der Waals surface area contributed by atoms with Crippen LogP contribution >= 0.6 is 0 Å². The Morgan fingerprint density at radius 1 is 1.25 bits per heavy atom. The highest BCUT2D eigenvalue weighted by molar-refractivity contribution is 5.63. The number of hydrogen-bond donors (Lipinski definition) is 2. The number of nitrogens with zero attached hydrogens (tertiary/aromatic N) is 3. The first-order chi connectivity index (χ1) is 9.48. The molecule has 0 saturated carbocycles. The van der Waals surface area contributed by atoms with Gasteiger partial charge in [0.1, 0.15) is 0 Å². The number of aromatic nitrogens is 2. The van der Waals surface area contributed by atoms with E-state index in [4.69, 9.17) is 11.0 Å². The maximum absolute atomic E-state index is 8.90. The molecule has 3 N–H and O–H groups in total. The molecule has 0 spiro atoms. The van der Waals surface area contributed by atoms with Crippen LogP contribution in [-0.2, 0) is 0 Å². The quantitative estimate of drug-likeness (QED) is 0.886. The van der Waals surface area contributed by atoms with Crippen LogP contribution in [0.15, 0.2) is 36.7 Å². The van der Waals surface area contributed by atoms with Crippen molar-refractivity contribution in [1.29, 1.82) is 5.26 Å². The summed E-state index contributed by atoms with van der Waals surface area (Å²) in [4.78, 5) is 8.51. The molecule has 2 rings (SSSR count). The van der Waals surface area contributed by atoms with E-state index in [1.807, 2.05) is 32.0 Å². The van der Waals surface area contributed by atoms with Gasteiger partial charge < -0.3 is 11.1 Å². The van der Waals surface area contributed by atoms with Crippen molar-refractivity contribution in [2.75, 3.05) is 11.9 Å². The van der Waals surface area contributed by atoms with Gasteiger partial charge in [-0.2, -0.15) is 5.26 Å². The first kappa shape index (κ1) is 14.0. The van der Waals surface area contributed by atoms with Gasteiger partial charge in [-0.25, -0.2) is 9.97 Å². The molecule has 5 nitrogen and oxygen atoms in total. The highest BCUT2D eigenvalue weighted by Crippen LogP contribution is 2.19. The van der Waals surface area contributed by atoms with Gasteiger partial charge in [0.25, 0.3) is 0 Å². The van der Waals surface area contributed by atoms with Crippen LogP contribution in [0, 0.1) is 11.3 Å². The van der Waals surface area contributed by atoms with E-state index in [9.17, 15) is 0 Å². The monoisotopic (exact) mass is 267 g/mol. The number of hydrogen-bond acceptors (Lipinski definition) is 5. The molecule has 0 aliphatic rings. The average molecular weight is 267 g/mol. The van der Waals surface area contributed by atoms with Crippen molar-refractivity contribution in [1.82, 2.24) is 9.97 Å². The number of nitriles is 1. The van der Waals surface area contributed by atoms with Gasteiger partial charge in [0.2, 0.25) is 5.95 Å². The van der Waals surface area contributed by atoms with E-state index >= 15 is 0 Å². The molecule has 0 aliphatic carbocycles. The summed E-state index contributed by atoms with van der Waals surface area (Å²) < 4.78 is 0. The van der Waals surface area contributed by atoms with Gasteiger partial charge in [-0.05, 0) is 31.5 Å². The lowest BCUT2D eigenvalue weighted by atomic mass is 10.1.